The van der Waals surface area contributed by atoms with Crippen LogP contribution >= 0.6 is 11.3 Å². The number of nitrogen functional groups attached to an aromatic ring is 1. The van der Waals surface area contributed by atoms with Crippen molar-refractivity contribution in [2.24, 2.45) is 17.6 Å². The number of ether oxygens (including phenoxy) is 1. The van der Waals surface area contributed by atoms with E-state index >= 15 is 0 Å². The van der Waals surface area contributed by atoms with Gasteiger partial charge in [-0.2, -0.15) is 0 Å². The Balaban J connectivity index is 1.18. The van der Waals surface area contributed by atoms with Crippen LogP contribution < -0.4 is 21.1 Å². The predicted molar refractivity (Wildman–Crippen MR) is 158 cm³/mol. The van der Waals surface area contributed by atoms with Gasteiger partial charge in [-0.05, 0) is 60.7 Å². The summed E-state index contributed by atoms with van der Waals surface area (Å²) in [4.78, 5) is 42.0. The zero-order valence-corrected chi connectivity index (χ0v) is 23.6. The molecule has 2 aromatic carbocycles. The lowest BCUT2D eigenvalue weighted by atomic mass is 9.89. The predicted octanol–water partition coefficient (Wildman–Crippen LogP) is 4.28. The van der Waals surface area contributed by atoms with Crippen molar-refractivity contribution in [3.8, 4) is 11.5 Å². The number of carbonyl (C=O) groups excluding carboxylic acids is 3. The zero-order valence-electron chi connectivity index (χ0n) is 22.8. The number of nitrogens with one attached hydrogen (secondary N) is 3. The van der Waals surface area contributed by atoms with Gasteiger partial charge in [-0.3, -0.25) is 19.8 Å². The van der Waals surface area contributed by atoms with E-state index in [1.165, 1.54) is 24.2 Å². The summed E-state index contributed by atoms with van der Waals surface area (Å²) in [5.74, 6) is 1.26. The van der Waals surface area contributed by atoms with Crippen LogP contribution in [0.5, 0.6) is 11.5 Å². The first-order valence-electron chi connectivity index (χ1n) is 14.0. The Morgan fingerprint density at radius 3 is 2.34 bits per heavy atom. The average Bonchev–Trinajstić information content (AvgIpc) is 3.76. The largest absolute Gasteiger partial charge is 0.457 e. The number of hydrogen-bond acceptors (Lipinski definition) is 6. The van der Waals surface area contributed by atoms with Gasteiger partial charge in [0.15, 0.2) is 0 Å². The van der Waals surface area contributed by atoms with Crippen LogP contribution in [0.1, 0.15) is 52.9 Å². The Morgan fingerprint density at radius 2 is 1.66 bits per heavy atom. The molecule has 0 radical (unpaired) electrons. The van der Waals surface area contributed by atoms with Gasteiger partial charge >= 0.3 is 0 Å². The van der Waals surface area contributed by atoms with E-state index in [9.17, 15) is 14.4 Å². The van der Waals surface area contributed by atoms with E-state index in [1.807, 2.05) is 30.3 Å². The number of nitrogens with two attached hydrogens (primary N) is 1. The highest BCUT2D eigenvalue weighted by Gasteiger charge is 2.42. The normalized spacial score (nSPS) is 18.7. The summed E-state index contributed by atoms with van der Waals surface area (Å²) in [5.41, 5.74) is 6.60. The molecule has 0 unspecified atom stereocenters. The summed E-state index contributed by atoms with van der Waals surface area (Å²) in [7, 11) is 0. The molecule has 5 N–H and O–H groups in total. The maximum absolute atomic E-state index is 13.3. The molecule has 214 valence electrons. The third-order valence-corrected chi connectivity index (χ3v) is 8.86. The van der Waals surface area contributed by atoms with E-state index in [1.54, 1.807) is 40.6 Å². The highest BCUT2D eigenvalue weighted by Crippen LogP contribution is 2.38. The maximum atomic E-state index is 13.3. The molecular weight excluding hydrogens is 538 g/mol. The molecule has 3 aromatic rings. The Hall–Kier alpha value is -4.18. The van der Waals surface area contributed by atoms with Gasteiger partial charge in [0.1, 0.15) is 23.4 Å². The SMILES string of the molecule is N=C(N)c1csc(CNC(=O)[C@@H]2C[C@@H](C3CCCC3)CN2C(=O)CNC(=O)c2ccc(Oc3ccccc3)cc2)c1. The molecule has 9 nitrogen and oxygen atoms in total. The van der Waals surface area contributed by atoms with Crippen LogP contribution in [0, 0.1) is 17.2 Å². The number of rotatable bonds is 10. The van der Waals surface area contributed by atoms with Crippen molar-refractivity contribution >= 4 is 34.9 Å². The van der Waals surface area contributed by atoms with E-state index in [0.29, 0.717) is 48.1 Å². The number of thiophene rings is 1. The van der Waals surface area contributed by atoms with Gasteiger partial charge in [-0.25, -0.2) is 0 Å². The number of nitrogens with zero attached hydrogens (tertiary/aromatic N) is 1. The fraction of sp³-hybridized carbons (Fsp3) is 0.355. The molecule has 2 heterocycles. The van der Waals surface area contributed by atoms with Gasteiger partial charge in [0.2, 0.25) is 11.8 Å². The second-order valence-corrected chi connectivity index (χ2v) is 11.7. The van der Waals surface area contributed by atoms with Crippen molar-refractivity contribution < 1.29 is 19.1 Å². The summed E-state index contributed by atoms with van der Waals surface area (Å²) in [6.07, 6.45) is 5.26. The number of carbonyl (C=O) groups is 3. The fourth-order valence-corrected chi connectivity index (χ4v) is 6.55. The van der Waals surface area contributed by atoms with Gasteiger partial charge in [0, 0.05) is 27.9 Å². The van der Waals surface area contributed by atoms with Crippen LogP contribution in [0.3, 0.4) is 0 Å². The lowest BCUT2D eigenvalue weighted by Crippen LogP contribution is -2.48. The summed E-state index contributed by atoms with van der Waals surface area (Å²) >= 11 is 1.43. The minimum Gasteiger partial charge on any atom is -0.457 e. The molecule has 10 heteroatoms. The molecule has 41 heavy (non-hydrogen) atoms. The van der Waals surface area contributed by atoms with E-state index in [4.69, 9.17) is 15.9 Å². The Morgan fingerprint density at radius 1 is 0.951 bits per heavy atom. The molecule has 0 spiro atoms. The maximum Gasteiger partial charge on any atom is 0.251 e. The third-order valence-electron chi connectivity index (χ3n) is 7.92. The van der Waals surface area contributed by atoms with Crippen molar-refractivity contribution in [1.29, 1.82) is 5.41 Å². The smallest absolute Gasteiger partial charge is 0.251 e. The Labute approximate surface area is 243 Å². The lowest BCUT2D eigenvalue weighted by molar-refractivity contribution is -0.137. The van der Waals surface area contributed by atoms with Gasteiger partial charge < -0.3 is 26.0 Å². The lowest BCUT2D eigenvalue weighted by Gasteiger charge is -2.24. The number of likely N-dealkylation sites (tertiary alicyclic amines) is 1. The fourth-order valence-electron chi connectivity index (χ4n) is 5.73. The van der Waals surface area contributed by atoms with Gasteiger partial charge in [0.25, 0.3) is 5.91 Å². The van der Waals surface area contributed by atoms with Crippen molar-refractivity contribution in [2.45, 2.75) is 44.7 Å². The average molecular weight is 574 g/mol. The molecule has 1 aliphatic heterocycles. The first kappa shape index (κ1) is 28.4. The topological polar surface area (TPSA) is 138 Å². The van der Waals surface area contributed by atoms with E-state index < -0.39 is 6.04 Å². The molecular formula is C31H35N5O4S. The molecule has 2 aliphatic rings. The molecule has 1 aromatic heterocycles. The van der Waals surface area contributed by atoms with Crippen LogP contribution in [0.25, 0.3) is 0 Å². The molecule has 3 amide bonds. The number of para-hydroxylation sites is 1. The number of hydrogen-bond donors (Lipinski definition) is 4. The molecule has 0 bridgehead atoms. The second kappa shape index (κ2) is 13.0. The van der Waals surface area contributed by atoms with Crippen LogP contribution in [-0.2, 0) is 16.1 Å². The van der Waals surface area contributed by atoms with Crippen LogP contribution in [0.2, 0.25) is 0 Å². The number of amidine groups is 1. The van der Waals surface area contributed by atoms with Crippen molar-refractivity contribution in [2.75, 3.05) is 13.1 Å². The number of amides is 3. The van der Waals surface area contributed by atoms with Crippen molar-refractivity contribution in [3.05, 3.63) is 82.0 Å². The summed E-state index contributed by atoms with van der Waals surface area (Å²) in [6.45, 7) is 0.649. The van der Waals surface area contributed by atoms with Crippen molar-refractivity contribution in [1.82, 2.24) is 15.5 Å². The Bertz CT molecular complexity index is 1390. The molecule has 2 fully saturated rings. The van der Waals surface area contributed by atoms with Gasteiger partial charge in [0.05, 0.1) is 13.1 Å². The molecule has 2 atom stereocenters. The van der Waals surface area contributed by atoms with Crippen LogP contribution in [-0.4, -0.2) is 47.6 Å². The van der Waals surface area contributed by atoms with Gasteiger partial charge in [-0.1, -0.05) is 43.9 Å². The summed E-state index contributed by atoms with van der Waals surface area (Å²) in [6, 6.07) is 17.3. The minimum absolute atomic E-state index is 0.00990. The van der Waals surface area contributed by atoms with Crippen LogP contribution in [0.4, 0.5) is 0 Å². The van der Waals surface area contributed by atoms with Crippen molar-refractivity contribution in [3.63, 3.8) is 0 Å². The highest BCUT2D eigenvalue weighted by molar-refractivity contribution is 7.10. The summed E-state index contributed by atoms with van der Waals surface area (Å²) in [5, 5.41) is 15.1. The second-order valence-electron chi connectivity index (χ2n) is 10.7. The molecule has 5 rings (SSSR count). The highest BCUT2D eigenvalue weighted by atomic mass is 32.1. The van der Waals surface area contributed by atoms with Gasteiger partial charge in [-0.15, -0.1) is 11.3 Å². The van der Waals surface area contributed by atoms with E-state index in [-0.39, 0.29) is 36.0 Å². The first-order valence-corrected chi connectivity index (χ1v) is 14.9. The minimum atomic E-state index is -0.577. The summed E-state index contributed by atoms with van der Waals surface area (Å²) < 4.78 is 5.78. The Kier molecular flexibility index (Phi) is 8.98. The first-order chi connectivity index (χ1) is 19.9. The number of benzene rings is 2. The monoisotopic (exact) mass is 573 g/mol. The van der Waals surface area contributed by atoms with E-state index in [2.05, 4.69) is 10.6 Å². The van der Waals surface area contributed by atoms with Crippen LogP contribution in [0.15, 0.2) is 66.0 Å². The third kappa shape index (κ3) is 7.13. The molecule has 1 saturated carbocycles. The molecule has 1 saturated heterocycles. The standard InChI is InChI=1S/C31H35N5O4S/c32-29(33)23-14-26(41-19-23)16-34-31(39)27-15-22(20-6-4-5-7-20)18-36(27)28(37)17-35-30(38)21-10-12-25(13-11-21)40-24-8-2-1-3-9-24/h1-3,8-14,19-20,22,27H,4-7,15-18H2,(H3,32,33)(H,34,39)(H,35,38)/t22-,27+/m1/s1. The zero-order chi connectivity index (χ0) is 28.8. The molecule has 1 aliphatic carbocycles. The van der Waals surface area contributed by atoms with E-state index in [0.717, 1.165) is 17.7 Å². The quantitative estimate of drug-likeness (QED) is 0.212.